The topological polar surface area (TPSA) is 101 Å². The number of ether oxygens (including phenoxy) is 4. The first-order chi connectivity index (χ1) is 24.7. The van der Waals surface area contributed by atoms with Crippen molar-refractivity contribution in [2.45, 2.75) is 74.8 Å². The molecule has 9 heteroatoms. The van der Waals surface area contributed by atoms with Crippen LogP contribution in [0, 0.1) is 6.92 Å². The van der Waals surface area contributed by atoms with Gasteiger partial charge in [0, 0.05) is 0 Å². The molecule has 0 heterocycles. The van der Waals surface area contributed by atoms with E-state index in [0.717, 1.165) is 27.8 Å². The molecule has 6 rings (SSSR count). The lowest BCUT2D eigenvalue weighted by molar-refractivity contribution is -0.268. The molecular formula is C41H42O8S. The SMILES string of the molecule is [2H][C@@]1(O)[C@H](OS(=O)(=O)c2ccc(C)cc2)[C@@H](OCc2ccccc2)[C@H](OCc2ccccc2)[C@@H](OCc2ccccc2)[C@@H]1OCc1ccccc1. The van der Waals surface area contributed by atoms with E-state index < -0.39 is 46.7 Å². The van der Waals surface area contributed by atoms with Crippen LogP contribution in [0.15, 0.2) is 150 Å². The normalized spacial score (nSPS) is 24.0. The number of aryl methyl sites for hydroxylation is 1. The third kappa shape index (κ3) is 9.32. The summed E-state index contributed by atoms with van der Waals surface area (Å²) in [6.45, 7) is 2.04. The highest BCUT2D eigenvalue weighted by Crippen LogP contribution is 2.36. The monoisotopic (exact) mass is 695 g/mol. The molecule has 260 valence electrons. The molecule has 0 radical (unpaired) electrons. The highest BCUT2D eigenvalue weighted by molar-refractivity contribution is 7.86. The van der Waals surface area contributed by atoms with E-state index in [4.69, 9.17) is 23.1 Å². The predicted molar refractivity (Wildman–Crippen MR) is 189 cm³/mol. The van der Waals surface area contributed by atoms with Gasteiger partial charge in [-0.05, 0) is 41.3 Å². The summed E-state index contributed by atoms with van der Waals surface area (Å²) in [5.41, 5.74) is 4.12. The molecule has 1 aliphatic carbocycles. The van der Waals surface area contributed by atoms with Crippen molar-refractivity contribution in [1.82, 2.24) is 0 Å². The third-order valence-electron chi connectivity index (χ3n) is 8.50. The van der Waals surface area contributed by atoms with Crippen molar-refractivity contribution >= 4 is 10.1 Å². The molecule has 50 heavy (non-hydrogen) atoms. The fraction of sp³-hybridized carbons (Fsp3) is 0.268. The Morgan fingerprint density at radius 1 is 0.500 bits per heavy atom. The number of hydrogen-bond donors (Lipinski definition) is 1. The second-order valence-electron chi connectivity index (χ2n) is 12.2. The molecule has 6 atom stereocenters. The minimum Gasteiger partial charge on any atom is -0.387 e. The van der Waals surface area contributed by atoms with Crippen LogP contribution in [0.2, 0.25) is 0 Å². The Labute approximate surface area is 295 Å². The van der Waals surface area contributed by atoms with E-state index in [2.05, 4.69) is 0 Å². The smallest absolute Gasteiger partial charge is 0.297 e. The van der Waals surface area contributed by atoms with E-state index in [0.29, 0.717) is 0 Å². The maximum Gasteiger partial charge on any atom is 0.297 e. The lowest BCUT2D eigenvalue weighted by Gasteiger charge is -2.48. The molecule has 5 aromatic rings. The molecule has 1 saturated carbocycles. The molecule has 0 spiro atoms. The molecular weight excluding hydrogens is 653 g/mol. The second kappa shape index (κ2) is 17.2. The van der Waals surface area contributed by atoms with Gasteiger partial charge >= 0.3 is 0 Å². The van der Waals surface area contributed by atoms with Gasteiger partial charge in [0.05, 0.1) is 32.7 Å². The summed E-state index contributed by atoms with van der Waals surface area (Å²) in [7, 11) is -4.53. The first-order valence-electron chi connectivity index (χ1n) is 17.0. The molecule has 1 fully saturated rings. The van der Waals surface area contributed by atoms with Crippen LogP contribution >= 0.6 is 0 Å². The average Bonchev–Trinajstić information content (AvgIpc) is 3.15. The molecule has 1 aliphatic rings. The van der Waals surface area contributed by atoms with E-state index in [-0.39, 0.29) is 31.3 Å². The van der Waals surface area contributed by atoms with Gasteiger partial charge in [0.15, 0.2) is 0 Å². The molecule has 0 amide bonds. The van der Waals surface area contributed by atoms with Crippen molar-refractivity contribution in [3.8, 4) is 0 Å². The summed E-state index contributed by atoms with van der Waals surface area (Å²) >= 11 is 0. The van der Waals surface area contributed by atoms with Crippen LogP contribution in [0.4, 0.5) is 0 Å². The summed E-state index contributed by atoms with van der Waals surface area (Å²) in [6, 6.07) is 43.7. The number of rotatable bonds is 15. The number of hydrogen-bond acceptors (Lipinski definition) is 8. The fourth-order valence-corrected chi connectivity index (χ4v) is 6.89. The van der Waals surface area contributed by atoms with Crippen LogP contribution < -0.4 is 0 Å². The molecule has 0 aliphatic heterocycles. The Hall–Kier alpha value is -4.19. The van der Waals surface area contributed by atoms with E-state index >= 15 is 0 Å². The zero-order chi connectivity index (χ0) is 35.7. The third-order valence-corrected chi connectivity index (χ3v) is 9.81. The minimum atomic E-state index is -4.53. The molecule has 0 bridgehead atoms. The quantitative estimate of drug-likeness (QED) is 0.120. The van der Waals surface area contributed by atoms with Gasteiger partial charge in [-0.15, -0.1) is 0 Å². The van der Waals surface area contributed by atoms with Gasteiger partial charge in [-0.3, -0.25) is 4.18 Å². The van der Waals surface area contributed by atoms with Gasteiger partial charge in [0.1, 0.15) is 36.6 Å². The maximum absolute atomic E-state index is 13.9. The fourth-order valence-electron chi connectivity index (χ4n) is 5.83. The zero-order valence-electron chi connectivity index (χ0n) is 28.8. The van der Waals surface area contributed by atoms with Gasteiger partial charge < -0.3 is 24.1 Å². The molecule has 5 aromatic carbocycles. The maximum atomic E-state index is 13.9. The molecule has 0 saturated heterocycles. The van der Waals surface area contributed by atoms with Crippen LogP contribution in [-0.2, 0) is 59.7 Å². The average molecular weight is 696 g/mol. The molecule has 0 unspecified atom stereocenters. The van der Waals surface area contributed by atoms with Gasteiger partial charge in [-0.2, -0.15) is 8.42 Å². The van der Waals surface area contributed by atoms with Crippen LogP contribution in [0.1, 0.15) is 29.2 Å². The Balaban J connectivity index is 1.43. The second-order valence-corrected chi connectivity index (χ2v) is 13.8. The lowest BCUT2D eigenvalue weighted by atomic mass is 9.84. The van der Waals surface area contributed by atoms with Gasteiger partial charge in [-0.25, -0.2) is 0 Å². The van der Waals surface area contributed by atoms with Crippen molar-refractivity contribution in [2.24, 2.45) is 0 Å². The Morgan fingerprint density at radius 2 is 0.820 bits per heavy atom. The zero-order valence-corrected chi connectivity index (χ0v) is 28.6. The van der Waals surface area contributed by atoms with Crippen molar-refractivity contribution in [3.05, 3.63) is 173 Å². The van der Waals surface area contributed by atoms with Gasteiger partial charge in [0.25, 0.3) is 10.1 Å². The van der Waals surface area contributed by atoms with Crippen LogP contribution in [0.3, 0.4) is 0 Å². The minimum absolute atomic E-state index is 0.00370. The first kappa shape index (κ1) is 34.3. The molecule has 8 nitrogen and oxygen atoms in total. The largest absolute Gasteiger partial charge is 0.387 e. The van der Waals surface area contributed by atoms with Crippen molar-refractivity contribution < 1.29 is 38.0 Å². The van der Waals surface area contributed by atoms with Crippen molar-refractivity contribution in [1.29, 1.82) is 0 Å². The highest BCUT2D eigenvalue weighted by Gasteiger charge is 2.55. The van der Waals surface area contributed by atoms with E-state index in [1.807, 2.05) is 128 Å². The van der Waals surface area contributed by atoms with Crippen LogP contribution in [0.5, 0.6) is 0 Å². The van der Waals surface area contributed by atoms with Crippen LogP contribution in [-0.4, -0.2) is 50.1 Å². The van der Waals surface area contributed by atoms with Crippen LogP contribution in [0.25, 0.3) is 0 Å². The van der Waals surface area contributed by atoms with Crippen molar-refractivity contribution in [2.75, 3.05) is 0 Å². The summed E-state index contributed by atoms with van der Waals surface area (Å²) in [5.74, 6) is 0. The summed E-state index contributed by atoms with van der Waals surface area (Å²) in [5, 5.41) is 12.3. The summed E-state index contributed by atoms with van der Waals surface area (Å²) in [6.07, 6.45) is -9.44. The predicted octanol–water partition coefficient (Wildman–Crippen LogP) is 6.79. The molecule has 1 N–H and O–H groups in total. The van der Waals surface area contributed by atoms with E-state index in [1.54, 1.807) is 12.1 Å². The first-order valence-corrected chi connectivity index (χ1v) is 18.0. The van der Waals surface area contributed by atoms with Crippen molar-refractivity contribution in [3.63, 3.8) is 0 Å². The Morgan fingerprint density at radius 3 is 1.20 bits per heavy atom. The van der Waals surface area contributed by atoms with E-state index in [1.165, 1.54) is 12.1 Å². The summed E-state index contributed by atoms with van der Waals surface area (Å²) in [4.78, 5) is -0.128. The molecule has 0 aromatic heterocycles. The summed E-state index contributed by atoms with van der Waals surface area (Å²) < 4.78 is 69.2. The standard InChI is InChI=1S/C41H42O8S/c1-30-22-24-35(25-23-30)50(43,44)49-38-36(42)37(45-26-31-14-6-2-7-15-31)39(46-27-32-16-8-3-9-17-32)41(48-29-34-20-12-5-13-21-34)40(38)47-28-33-18-10-4-11-19-33/h2-25,36-42H,26-29H2,1H3/t36-,37+,38-,39-,40+,41+/m0/s1/i36D. The Bertz CT molecular complexity index is 1890. The van der Waals surface area contributed by atoms with E-state index in [9.17, 15) is 14.9 Å². The van der Waals surface area contributed by atoms with Gasteiger partial charge in [-0.1, -0.05) is 139 Å². The lowest BCUT2D eigenvalue weighted by Crippen LogP contribution is -2.67. The Kier molecular flexibility index (Phi) is 11.8. The number of benzene rings is 5. The number of aliphatic hydroxyl groups is 1. The highest BCUT2D eigenvalue weighted by atomic mass is 32.2. The van der Waals surface area contributed by atoms with Gasteiger partial charge in [0.2, 0.25) is 0 Å².